The Hall–Kier alpha value is -1.37. The van der Waals surface area contributed by atoms with E-state index < -0.39 is 12.1 Å². The average Bonchev–Trinajstić information content (AvgIpc) is 1.87. The van der Waals surface area contributed by atoms with E-state index in [1.807, 2.05) is 0 Å². The van der Waals surface area contributed by atoms with Crippen molar-refractivity contribution < 1.29 is 9.53 Å². The number of carbonyl (C=O) groups is 1. The van der Waals surface area contributed by atoms with Gasteiger partial charge in [-0.15, -0.1) is 0 Å². The summed E-state index contributed by atoms with van der Waals surface area (Å²) in [5.74, 6) is -0.788. The van der Waals surface area contributed by atoms with Crippen LogP contribution in [-0.2, 0) is 9.53 Å². The van der Waals surface area contributed by atoms with Crippen molar-refractivity contribution in [3.63, 3.8) is 0 Å². The van der Waals surface area contributed by atoms with Crippen LogP contribution in [-0.4, -0.2) is 18.3 Å². The molecule has 4 heteroatoms. The molecule has 1 unspecified atom stereocenters. The SMILES string of the molecule is CC(C#N)OC(=O)C=N. The molecule has 0 bridgehead atoms. The van der Waals surface area contributed by atoms with Crippen molar-refractivity contribution in [2.75, 3.05) is 0 Å². The monoisotopic (exact) mass is 126 g/mol. The van der Waals surface area contributed by atoms with Crippen LogP contribution in [0.15, 0.2) is 0 Å². The maximum absolute atomic E-state index is 10.2. The minimum Gasteiger partial charge on any atom is -0.443 e. The van der Waals surface area contributed by atoms with Gasteiger partial charge in [-0.2, -0.15) is 5.26 Å². The first kappa shape index (κ1) is 7.63. The molecule has 0 saturated carbocycles. The molecule has 0 aliphatic heterocycles. The van der Waals surface area contributed by atoms with Crippen LogP contribution in [0.4, 0.5) is 0 Å². The van der Waals surface area contributed by atoms with E-state index in [2.05, 4.69) is 4.74 Å². The molecular weight excluding hydrogens is 120 g/mol. The molecule has 0 spiro atoms. The molecule has 1 N–H and O–H groups in total. The minimum absolute atomic E-state index is 0.522. The number of esters is 1. The van der Waals surface area contributed by atoms with Gasteiger partial charge in [0.25, 0.3) is 0 Å². The highest BCUT2D eigenvalue weighted by molar-refractivity contribution is 6.21. The van der Waals surface area contributed by atoms with Gasteiger partial charge in [-0.3, -0.25) is 0 Å². The average molecular weight is 126 g/mol. The Labute approximate surface area is 52.6 Å². The molecule has 0 aromatic rings. The van der Waals surface area contributed by atoms with Crippen molar-refractivity contribution in [3.05, 3.63) is 0 Å². The van der Waals surface area contributed by atoms with Gasteiger partial charge < -0.3 is 10.1 Å². The molecule has 1 atom stereocenters. The fraction of sp³-hybridized carbons (Fsp3) is 0.400. The molecule has 0 saturated heterocycles. The summed E-state index contributed by atoms with van der Waals surface area (Å²) in [5, 5.41) is 14.4. The first-order valence-electron chi connectivity index (χ1n) is 2.31. The lowest BCUT2D eigenvalue weighted by Crippen LogP contribution is -2.12. The Kier molecular flexibility index (Phi) is 3.06. The minimum atomic E-state index is -0.788. The highest BCUT2D eigenvalue weighted by Gasteiger charge is 2.02. The summed E-state index contributed by atoms with van der Waals surface area (Å²) in [6, 6.07) is 1.68. The maximum Gasteiger partial charge on any atom is 0.349 e. The molecule has 0 radical (unpaired) electrons. The van der Waals surface area contributed by atoms with Crippen LogP contribution < -0.4 is 0 Å². The van der Waals surface area contributed by atoms with Gasteiger partial charge in [0, 0.05) is 0 Å². The summed E-state index contributed by atoms with van der Waals surface area (Å²) in [4.78, 5) is 10.2. The Morgan fingerprint density at radius 1 is 2.00 bits per heavy atom. The van der Waals surface area contributed by atoms with Crippen LogP contribution in [0.5, 0.6) is 0 Å². The van der Waals surface area contributed by atoms with Crippen LogP contribution in [0.2, 0.25) is 0 Å². The van der Waals surface area contributed by atoms with E-state index in [0.29, 0.717) is 6.21 Å². The molecule has 0 heterocycles. The van der Waals surface area contributed by atoms with Crippen LogP contribution in [0.25, 0.3) is 0 Å². The van der Waals surface area contributed by atoms with Gasteiger partial charge in [0.1, 0.15) is 12.3 Å². The second kappa shape index (κ2) is 3.61. The van der Waals surface area contributed by atoms with Crippen molar-refractivity contribution >= 4 is 12.2 Å². The van der Waals surface area contributed by atoms with Gasteiger partial charge in [-0.05, 0) is 6.92 Å². The summed E-state index contributed by atoms with van der Waals surface area (Å²) < 4.78 is 4.31. The van der Waals surface area contributed by atoms with E-state index in [1.165, 1.54) is 6.92 Å². The smallest absolute Gasteiger partial charge is 0.349 e. The Morgan fingerprint density at radius 2 is 2.56 bits per heavy atom. The van der Waals surface area contributed by atoms with Crippen molar-refractivity contribution in [2.45, 2.75) is 13.0 Å². The van der Waals surface area contributed by atoms with E-state index in [0.717, 1.165) is 0 Å². The molecule has 0 aromatic heterocycles. The van der Waals surface area contributed by atoms with Gasteiger partial charge in [0.05, 0.1) is 0 Å². The van der Waals surface area contributed by atoms with E-state index in [-0.39, 0.29) is 0 Å². The quantitative estimate of drug-likeness (QED) is 0.421. The maximum atomic E-state index is 10.2. The lowest BCUT2D eigenvalue weighted by Gasteiger charge is -1.99. The van der Waals surface area contributed by atoms with E-state index >= 15 is 0 Å². The molecule has 0 aliphatic carbocycles. The van der Waals surface area contributed by atoms with E-state index in [1.54, 1.807) is 6.07 Å². The number of hydrogen-bond acceptors (Lipinski definition) is 4. The number of carbonyl (C=O) groups excluding carboxylic acids is 1. The topological polar surface area (TPSA) is 73.9 Å². The first-order chi connectivity index (χ1) is 4.20. The summed E-state index contributed by atoms with van der Waals surface area (Å²) in [5.41, 5.74) is 0. The summed E-state index contributed by atoms with van der Waals surface area (Å²) in [7, 11) is 0. The van der Waals surface area contributed by atoms with E-state index in [9.17, 15) is 4.79 Å². The van der Waals surface area contributed by atoms with Crippen LogP contribution in [0.3, 0.4) is 0 Å². The lowest BCUT2D eigenvalue weighted by atomic mass is 10.5. The van der Waals surface area contributed by atoms with Crippen molar-refractivity contribution in [2.24, 2.45) is 0 Å². The predicted molar refractivity (Wildman–Crippen MR) is 30.0 cm³/mol. The van der Waals surface area contributed by atoms with Crippen LogP contribution in [0, 0.1) is 16.7 Å². The van der Waals surface area contributed by atoms with Crippen molar-refractivity contribution in [1.29, 1.82) is 10.7 Å². The van der Waals surface area contributed by atoms with Gasteiger partial charge in [0.2, 0.25) is 0 Å². The summed E-state index contributed by atoms with van der Waals surface area (Å²) in [6.07, 6.45) is -0.243. The fourth-order valence-electron chi connectivity index (χ4n) is 0.235. The Balaban J connectivity index is 3.62. The van der Waals surface area contributed by atoms with Gasteiger partial charge in [0.15, 0.2) is 6.10 Å². The molecule has 48 valence electrons. The number of nitrogens with one attached hydrogen (secondary N) is 1. The third-order valence-electron chi connectivity index (χ3n) is 0.593. The molecule has 9 heavy (non-hydrogen) atoms. The molecule has 4 nitrogen and oxygen atoms in total. The molecule has 0 amide bonds. The predicted octanol–water partition coefficient (Wildman–Crippen LogP) is 0.0912. The lowest BCUT2D eigenvalue weighted by molar-refractivity contribution is -0.137. The zero-order valence-electron chi connectivity index (χ0n) is 4.92. The normalized spacial score (nSPS) is 11.1. The van der Waals surface area contributed by atoms with Gasteiger partial charge in [-0.25, -0.2) is 4.79 Å². The number of hydrogen-bond donors (Lipinski definition) is 1. The third-order valence-corrected chi connectivity index (χ3v) is 0.593. The zero-order chi connectivity index (χ0) is 7.28. The highest BCUT2D eigenvalue weighted by atomic mass is 16.5. The van der Waals surface area contributed by atoms with Crippen LogP contribution >= 0.6 is 0 Å². The Bertz CT molecular complexity index is 159. The zero-order valence-corrected chi connectivity index (χ0v) is 4.92. The molecule has 0 aliphatic rings. The summed E-state index contributed by atoms with van der Waals surface area (Å²) >= 11 is 0. The first-order valence-corrected chi connectivity index (χ1v) is 2.31. The van der Waals surface area contributed by atoms with Crippen molar-refractivity contribution in [3.8, 4) is 6.07 Å². The van der Waals surface area contributed by atoms with Crippen molar-refractivity contribution in [1.82, 2.24) is 0 Å². The molecule has 0 rings (SSSR count). The third kappa shape index (κ3) is 3.23. The van der Waals surface area contributed by atoms with E-state index in [4.69, 9.17) is 10.7 Å². The highest BCUT2D eigenvalue weighted by Crippen LogP contribution is 1.85. The molecule has 0 fully saturated rings. The fourth-order valence-corrected chi connectivity index (χ4v) is 0.235. The molecule has 0 aromatic carbocycles. The molecular formula is C5H6N2O2. The number of rotatable bonds is 2. The largest absolute Gasteiger partial charge is 0.443 e. The van der Waals surface area contributed by atoms with Gasteiger partial charge in [-0.1, -0.05) is 0 Å². The van der Waals surface area contributed by atoms with Crippen LogP contribution in [0.1, 0.15) is 6.92 Å². The second-order valence-electron chi connectivity index (χ2n) is 1.35. The number of ether oxygens (including phenoxy) is 1. The number of nitriles is 1. The number of nitrogens with zero attached hydrogens (tertiary/aromatic N) is 1. The van der Waals surface area contributed by atoms with Gasteiger partial charge >= 0.3 is 5.97 Å². The summed E-state index contributed by atoms with van der Waals surface area (Å²) in [6.45, 7) is 1.43. The second-order valence-corrected chi connectivity index (χ2v) is 1.35. The Morgan fingerprint density at radius 3 is 2.89 bits per heavy atom. The standard InChI is InChI=1S/C5H6N2O2/c1-4(2-6)9-5(8)3-7/h3-4,7H,1H3.